The molecule has 0 saturated heterocycles. The first-order valence-electron chi connectivity index (χ1n) is 6.39. The molecule has 0 aliphatic heterocycles. The lowest BCUT2D eigenvalue weighted by molar-refractivity contribution is 0.0593. The normalized spacial score (nSPS) is 10.1. The van der Waals surface area contributed by atoms with Gasteiger partial charge in [-0.1, -0.05) is 24.3 Å². The summed E-state index contributed by atoms with van der Waals surface area (Å²) in [5.74, 6) is 0.162. The summed E-state index contributed by atoms with van der Waals surface area (Å²) in [7, 11) is 1.32. The molecule has 1 aromatic carbocycles. The first-order chi connectivity index (χ1) is 9.70. The fourth-order valence-corrected chi connectivity index (χ4v) is 1.85. The first kappa shape index (κ1) is 14.0. The number of carbonyl (C=O) groups is 1. The topological polar surface area (TPSA) is 64.1 Å². The lowest BCUT2D eigenvalue weighted by Gasteiger charge is -2.07. The highest BCUT2D eigenvalue weighted by Crippen LogP contribution is 2.08. The van der Waals surface area contributed by atoms with Gasteiger partial charge in [-0.2, -0.15) is 0 Å². The van der Waals surface area contributed by atoms with E-state index in [1.54, 1.807) is 0 Å². The largest absolute Gasteiger partial charge is 0.464 e. The third-order valence-corrected chi connectivity index (χ3v) is 3.01. The van der Waals surface area contributed by atoms with E-state index in [4.69, 9.17) is 0 Å². The molecule has 0 unspecified atom stereocenters. The van der Waals surface area contributed by atoms with E-state index in [1.807, 2.05) is 12.1 Å². The van der Waals surface area contributed by atoms with E-state index in [-0.39, 0.29) is 5.69 Å². The van der Waals surface area contributed by atoms with Crippen LogP contribution in [-0.4, -0.2) is 29.6 Å². The van der Waals surface area contributed by atoms with Gasteiger partial charge < -0.3 is 10.1 Å². The Morgan fingerprint density at radius 3 is 2.70 bits per heavy atom. The smallest absolute Gasteiger partial charge is 0.358 e. The Kier molecular flexibility index (Phi) is 4.65. The van der Waals surface area contributed by atoms with Crippen LogP contribution in [0.2, 0.25) is 0 Å². The maximum absolute atomic E-state index is 11.2. The van der Waals surface area contributed by atoms with Crippen molar-refractivity contribution in [3.63, 3.8) is 0 Å². The Morgan fingerprint density at radius 2 is 2.05 bits per heavy atom. The molecule has 20 heavy (non-hydrogen) atoms. The molecule has 2 rings (SSSR count). The Hall–Kier alpha value is -2.43. The van der Waals surface area contributed by atoms with Gasteiger partial charge in [0.25, 0.3) is 0 Å². The lowest BCUT2D eigenvalue weighted by Crippen LogP contribution is -2.09. The van der Waals surface area contributed by atoms with Crippen molar-refractivity contribution in [1.29, 1.82) is 0 Å². The minimum Gasteiger partial charge on any atom is -0.464 e. The number of hydrogen-bond donors (Lipinski definition) is 1. The molecule has 0 aliphatic rings. The van der Waals surface area contributed by atoms with E-state index in [0.717, 1.165) is 13.0 Å². The van der Waals surface area contributed by atoms with E-state index in [0.29, 0.717) is 5.82 Å². The zero-order valence-electron chi connectivity index (χ0n) is 11.6. The molecule has 104 valence electrons. The Morgan fingerprint density at radius 1 is 1.25 bits per heavy atom. The van der Waals surface area contributed by atoms with Crippen molar-refractivity contribution < 1.29 is 9.53 Å². The molecule has 0 fully saturated rings. The number of benzene rings is 1. The summed E-state index contributed by atoms with van der Waals surface area (Å²) in [5.41, 5.74) is 2.79. The number of ether oxygens (including phenoxy) is 1. The molecule has 0 spiro atoms. The number of rotatable bonds is 5. The van der Waals surface area contributed by atoms with Crippen molar-refractivity contribution in [3.8, 4) is 0 Å². The number of methoxy groups -OCH3 is 1. The molecule has 1 aromatic heterocycles. The molecule has 5 nitrogen and oxygen atoms in total. The van der Waals surface area contributed by atoms with Crippen LogP contribution in [0.1, 0.15) is 21.6 Å². The van der Waals surface area contributed by atoms with E-state index < -0.39 is 5.97 Å². The minimum absolute atomic E-state index is 0.206. The Balaban J connectivity index is 1.88. The van der Waals surface area contributed by atoms with Crippen LogP contribution in [0.3, 0.4) is 0 Å². The SMILES string of the molecule is COC(=O)c1cnc(NCCc2ccccc2C)cn1. The van der Waals surface area contributed by atoms with E-state index in [2.05, 4.69) is 39.1 Å². The van der Waals surface area contributed by atoms with Crippen molar-refractivity contribution >= 4 is 11.8 Å². The van der Waals surface area contributed by atoms with Gasteiger partial charge in [0.2, 0.25) is 0 Å². The van der Waals surface area contributed by atoms with Crippen LogP contribution in [0.4, 0.5) is 5.82 Å². The van der Waals surface area contributed by atoms with Gasteiger partial charge >= 0.3 is 5.97 Å². The van der Waals surface area contributed by atoms with E-state index in [9.17, 15) is 4.79 Å². The van der Waals surface area contributed by atoms with Gasteiger partial charge in [0.15, 0.2) is 5.69 Å². The Labute approximate surface area is 118 Å². The zero-order valence-corrected chi connectivity index (χ0v) is 11.6. The number of nitrogens with one attached hydrogen (secondary N) is 1. The van der Waals surface area contributed by atoms with Crippen LogP contribution in [0.25, 0.3) is 0 Å². The average molecular weight is 271 g/mol. The third kappa shape index (κ3) is 3.54. The summed E-state index contributed by atoms with van der Waals surface area (Å²) in [6.45, 7) is 2.86. The summed E-state index contributed by atoms with van der Waals surface area (Å²) >= 11 is 0. The predicted molar refractivity (Wildman–Crippen MR) is 76.7 cm³/mol. The van der Waals surface area contributed by atoms with Gasteiger partial charge in [-0.25, -0.2) is 14.8 Å². The second-order valence-corrected chi connectivity index (χ2v) is 4.38. The average Bonchev–Trinajstić information content (AvgIpc) is 2.49. The molecule has 0 bridgehead atoms. The number of nitrogens with zero attached hydrogens (tertiary/aromatic N) is 2. The predicted octanol–water partition coefficient (Wildman–Crippen LogP) is 2.23. The Bertz CT molecular complexity index is 582. The first-order valence-corrected chi connectivity index (χ1v) is 6.39. The van der Waals surface area contributed by atoms with Gasteiger partial charge in [0, 0.05) is 6.54 Å². The van der Waals surface area contributed by atoms with Gasteiger partial charge in [-0.05, 0) is 24.5 Å². The summed E-state index contributed by atoms with van der Waals surface area (Å²) in [5, 5.41) is 3.18. The number of hydrogen-bond acceptors (Lipinski definition) is 5. The highest BCUT2D eigenvalue weighted by Gasteiger charge is 2.07. The fourth-order valence-electron chi connectivity index (χ4n) is 1.85. The molecule has 0 atom stereocenters. The van der Waals surface area contributed by atoms with E-state index >= 15 is 0 Å². The number of aryl methyl sites for hydroxylation is 1. The molecule has 5 heteroatoms. The third-order valence-electron chi connectivity index (χ3n) is 3.01. The molecule has 1 heterocycles. The molecular formula is C15H17N3O2. The minimum atomic E-state index is -0.482. The standard InChI is InChI=1S/C15H17N3O2/c1-11-5-3-4-6-12(11)7-8-16-14-10-17-13(9-18-14)15(19)20-2/h3-6,9-10H,7-8H2,1-2H3,(H,16,18). The second kappa shape index (κ2) is 6.65. The van der Waals surface area contributed by atoms with Gasteiger partial charge in [0.1, 0.15) is 5.82 Å². The number of esters is 1. The monoisotopic (exact) mass is 271 g/mol. The molecular weight excluding hydrogens is 254 g/mol. The molecule has 0 aliphatic carbocycles. The lowest BCUT2D eigenvalue weighted by atomic mass is 10.1. The van der Waals surface area contributed by atoms with Crippen LogP contribution in [0, 0.1) is 6.92 Å². The van der Waals surface area contributed by atoms with E-state index in [1.165, 1.54) is 30.6 Å². The summed E-state index contributed by atoms with van der Waals surface area (Å²) in [6, 6.07) is 8.28. The van der Waals surface area contributed by atoms with Crippen molar-refractivity contribution in [2.75, 3.05) is 19.0 Å². The van der Waals surface area contributed by atoms with Gasteiger partial charge in [-0.15, -0.1) is 0 Å². The van der Waals surface area contributed by atoms with Crippen molar-refractivity contribution in [2.24, 2.45) is 0 Å². The highest BCUT2D eigenvalue weighted by molar-refractivity contribution is 5.86. The van der Waals surface area contributed by atoms with Crippen LogP contribution < -0.4 is 5.32 Å². The van der Waals surface area contributed by atoms with Crippen LogP contribution in [-0.2, 0) is 11.2 Å². The molecule has 0 saturated carbocycles. The molecule has 0 amide bonds. The number of carbonyl (C=O) groups excluding carboxylic acids is 1. The van der Waals surface area contributed by atoms with Crippen molar-refractivity contribution in [2.45, 2.75) is 13.3 Å². The molecule has 0 radical (unpaired) electrons. The van der Waals surface area contributed by atoms with Gasteiger partial charge in [-0.3, -0.25) is 0 Å². The number of aromatic nitrogens is 2. The van der Waals surface area contributed by atoms with Crippen molar-refractivity contribution in [3.05, 3.63) is 53.5 Å². The maximum atomic E-state index is 11.2. The van der Waals surface area contributed by atoms with Crippen molar-refractivity contribution in [1.82, 2.24) is 9.97 Å². The highest BCUT2D eigenvalue weighted by atomic mass is 16.5. The van der Waals surface area contributed by atoms with Crippen LogP contribution in [0.15, 0.2) is 36.7 Å². The maximum Gasteiger partial charge on any atom is 0.358 e. The quantitative estimate of drug-likeness (QED) is 0.845. The van der Waals surface area contributed by atoms with Crippen LogP contribution >= 0.6 is 0 Å². The van der Waals surface area contributed by atoms with Gasteiger partial charge in [0.05, 0.1) is 19.5 Å². The zero-order chi connectivity index (χ0) is 14.4. The summed E-state index contributed by atoms with van der Waals surface area (Å²) < 4.78 is 4.57. The summed E-state index contributed by atoms with van der Waals surface area (Å²) in [4.78, 5) is 19.3. The summed E-state index contributed by atoms with van der Waals surface area (Å²) in [6.07, 6.45) is 3.85. The number of anilines is 1. The molecule has 2 aromatic rings. The second-order valence-electron chi connectivity index (χ2n) is 4.38. The fraction of sp³-hybridized carbons (Fsp3) is 0.267. The van der Waals surface area contributed by atoms with Crippen LogP contribution in [0.5, 0.6) is 0 Å². The molecule has 1 N–H and O–H groups in total.